The number of fused-ring (bicyclic) bond motifs is 1. The highest BCUT2D eigenvalue weighted by Gasteiger charge is 2.41. The molecular weight excluding hydrogens is 295 g/mol. The molecular formula is C14H18BrFN2. The van der Waals surface area contributed by atoms with Crippen LogP contribution in [-0.4, -0.2) is 30.6 Å². The first-order chi connectivity index (χ1) is 8.65. The van der Waals surface area contributed by atoms with E-state index < -0.39 is 0 Å². The maximum atomic E-state index is 13.5. The van der Waals surface area contributed by atoms with Gasteiger partial charge in [0, 0.05) is 19.1 Å². The first kappa shape index (κ1) is 12.6. The van der Waals surface area contributed by atoms with Crippen molar-refractivity contribution in [1.29, 1.82) is 0 Å². The smallest absolute Gasteiger partial charge is 0.137 e. The van der Waals surface area contributed by atoms with Gasteiger partial charge < -0.3 is 5.32 Å². The average molecular weight is 313 g/mol. The van der Waals surface area contributed by atoms with E-state index in [-0.39, 0.29) is 5.82 Å². The lowest BCUT2D eigenvalue weighted by Gasteiger charge is -2.24. The van der Waals surface area contributed by atoms with E-state index >= 15 is 0 Å². The van der Waals surface area contributed by atoms with Gasteiger partial charge in [-0.25, -0.2) is 4.39 Å². The Balaban J connectivity index is 1.71. The lowest BCUT2D eigenvalue weighted by molar-refractivity contribution is 0.231. The summed E-state index contributed by atoms with van der Waals surface area (Å²) < 4.78 is 14.0. The molecule has 0 spiro atoms. The van der Waals surface area contributed by atoms with Gasteiger partial charge in [0.05, 0.1) is 4.47 Å². The second-order valence-electron chi connectivity index (χ2n) is 5.50. The maximum Gasteiger partial charge on any atom is 0.137 e. The van der Waals surface area contributed by atoms with Crippen LogP contribution in [0, 0.1) is 17.7 Å². The minimum absolute atomic E-state index is 0.166. The van der Waals surface area contributed by atoms with Crippen molar-refractivity contribution in [3.05, 3.63) is 34.1 Å². The van der Waals surface area contributed by atoms with Crippen molar-refractivity contribution < 1.29 is 4.39 Å². The van der Waals surface area contributed by atoms with Crippen LogP contribution in [0.3, 0.4) is 0 Å². The largest absolute Gasteiger partial charge is 0.316 e. The Morgan fingerprint density at radius 3 is 3.00 bits per heavy atom. The van der Waals surface area contributed by atoms with E-state index in [0.29, 0.717) is 10.5 Å². The molecule has 2 saturated heterocycles. The number of nitrogens with one attached hydrogen (secondary N) is 1. The van der Waals surface area contributed by atoms with E-state index in [0.717, 1.165) is 43.6 Å². The molecule has 4 heteroatoms. The molecule has 1 aromatic rings. The predicted molar refractivity (Wildman–Crippen MR) is 73.8 cm³/mol. The molecule has 0 bridgehead atoms. The lowest BCUT2D eigenvalue weighted by Crippen LogP contribution is -2.32. The van der Waals surface area contributed by atoms with Crippen LogP contribution in [0.5, 0.6) is 0 Å². The minimum Gasteiger partial charge on any atom is -0.316 e. The summed E-state index contributed by atoms with van der Waals surface area (Å²) in [6.45, 7) is 6.57. The number of hydrogen-bond donors (Lipinski definition) is 1. The van der Waals surface area contributed by atoms with Gasteiger partial charge in [-0.2, -0.15) is 0 Å². The van der Waals surface area contributed by atoms with Crippen molar-refractivity contribution in [3.63, 3.8) is 0 Å². The molecule has 1 aromatic carbocycles. The molecule has 0 aromatic heterocycles. The zero-order chi connectivity index (χ0) is 12.7. The van der Waals surface area contributed by atoms with Crippen LogP contribution in [0.2, 0.25) is 0 Å². The molecule has 2 aliphatic heterocycles. The van der Waals surface area contributed by atoms with Crippen molar-refractivity contribution >= 4 is 15.9 Å². The number of likely N-dealkylation sites (tertiary alicyclic amines) is 1. The van der Waals surface area contributed by atoms with Gasteiger partial charge in [0.2, 0.25) is 0 Å². The molecule has 0 radical (unpaired) electrons. The molecule has 2 heterocycles. The van der Waals surface area contributed by atoms with E-state index in [2.05, 4.69) is 33.1 Å². The number of nitrogens with zero attached hydrogens (tertiary/aromatic N) is 1. The summed E-state index contributed by atoms with van der Waals surface area (Å²) in [6.07, 6.45) is 0. The van der Waals surface area contributed by atoms with Crippen molar-refractivity contribution in [1.82, 2.24) is 10.2 Å². The fraction of sp³-hybridized carbons (Fsp3) is 0.571. The quantitative estimate of drug-likeness (QED) is 0.903. The highest BCUT2D eigenvalue weighted by Crippen LogP contribution is 2.33. The molecule has 98 valence electrons. The van der Waals surface area contributed by atoms with Crippen LogP contribution < -0.4 is 5.32 Å². The third-order valence-corrected chi connectivity index (χ3v) is 5.07. The van der Waals surface area contributed by atoms with Crippen molar-refractivity contribution in [2.24, 2.45) is 11.8 Å². The summed E-state index contributed by atoms with van der Waals surface area (Å²) in [6, 6.07) is 6.04. The molecule has 1 N–H and O–H groups in total. The number of hydrogen-bond acceptors (Lipinski definition) is 2. The Morgan fingerprint density at radius 1 is 1.44 bits per heavy atom. The molecule has 0 amide bonds. The Hall–Kier alpha value is -0.450. The van der Waals surface area contributed by atoms with Gasteiger partial charge in [0.25, 0.3) is 0 Å². The van der Waals surface area contributed by atoms with Gasteiger partial charge in [-0.1, -0.05) is 6.07 Å². The minimum atomic E-state index is -0.166. The molecule has 3 atom stereocenters. The molecule has 2 nitrogen and oxygen atoms in total. The number of benzene rings is 1. The number of halogens is 2. The number of rotatable bonds is 2. The Kier molecular flexibility index (Phi) is 3.43. The first-order valence-electron chi connectivity index (χ1n) is 6.54. The summed E-state index contributed by atoms with van der Waals surface area (Å²) in [5.41, 5.74) is 1.07. The van der Waals surface area contributed by atoms with Crippen LogP contribution in [0.1, 0.15) is 12.5 Å². The second kappa shape index (κ2) is 4.91. The maximum absolute atomic E-state index is 13.5. The second-order valence-corrected chi connectivity index (χ2v) is 6.36. The van der Waals surface area contributed by atoms with Crippen LogP contribution in [0.25, 0.3) is 0 Å². The van der Waals surface area contributed by atoms with Gasteiger partial charge in [-0.3, -0.25) is 4.90 Å². The highest BCUT2D eigenvalue weighted by atomic mass is 79.9. The van der Waals surface area contributed by atoms with Crippen LogP contribution in [0.15, 0.2) is 22.7 Å². The normalized spacial score (nSPS) is 31.8. The Labute approximate surface area is 116 Å². The molecule has 3 rings (SSSR count). The summed E-state index contributed by atoms with van der Waals surface area (Å²) in [5, 5.41) is 3.46. The van der Waals surface area contributed by atoms with E-state index in [4.69, 9.17) is 0 Å². The van der Waals surface area contributed by atoms with Gasteiger partial charge in [0.15, 0.2) is 0 Å². The fourth-order valence-corrected chi connectivity index (χ4v) is 3.58. The molecule has 18 heavy (non-hydrogen) atoms. The fourth-order valence-electron chi connectivity index (χ4n) is 3.34. The predicted octanol–water partition coefficient (Wildman–Crippen LogP) is 2.63. The lowest BCUT2D eigenvalue weighted by atomic mass is 9.95. The summed E-state index contributed by atoms with van der Waals surface area (Å²) in [5.74, 6) is 1.38. The summed E-state index contributed by atoms with van der Waals surface area (Å²) in [7, 11) is 0. The topological polar surface area (TPSA) is 15.3 Å². The zero-order valence-corrected chi connectivity index (χ0v) is 12.1. The third kappa shape index (κ3) is 2.22. The van der Waals surface area contributed by atoms with Gasteiger partial charge in [-0.15, -0.1) is 0 Å². The van der Waals surface area contributed by atoms with Gasteiger partial charge in [0.1, 0.15) is 5.82 Å². The van der Waals surface area contributed by atoms with Crippen LogP contribution in [-0.2, 0) is 6.54 Å². The monoisotopic (exact) mass is 312 g/mol. The van der Waals surface area contributed by atoms with Gasteiger partial charge >= 0.3 is 0 Å². The highest BCUT2D eigenvalue weighted by molar-refractivity contribution is 9.10. The molecule has 0 saturated carbocycles. The van der Waals surface area contributed by atoms with Crippen molar-refractivity contribution in [2.75, 3.05) is 19.6 Å². The van der Waals surface area contributed by atoms with E-state index in [9.17, 15) is 4.39 Å². The first-order valence-corrected chi connectivity index (χ1v) is 7.33. The van der Waals surface area contributed by atoms with E-state index in [1.54, 1.807) is 12.1 Å². The molecule has 2 aliphatic rings. The van der Waals surface area contributed by atoms with Crippen LogP contribution in [0.4, 0.5) is 4.39 Å². The Morgan fingerprint density at radius 2 is 2.28 bits per heavy atom. The zero-order valence-electron chi connectivity index (χ0n) is 10.5. The van der Waals surface area contributed by atoms with E-state index in [1.165, 1.54) is 0 Å². The van der Waals surface area contributed by atoms with Gasteiger partial charge in [-0.05, 0) is 65.5 Å². The Bertz CT molecular complexity index is 451. The molecule has 0 aliphatic carbocycles. The molecule has 2 fully saturated rings. The average Bonchev–Trinajstić information content (AvgIpc) is 2.89. The summed E-state index contributed by atoms with van der Waals surface area (Å²) in [4.78, 5) is 2.48. The molecule has 3 unspecified atom stereocenters. The van der Waals surface area contributed by atoms with Crippen molar-refractivity contribution in [3.8, 4) is 0 Å². The third-order valence-electron chi connectivity index (χ3n) is 4.43. The summed E-state index contributed by atoms with van der Waals surface area (Å²) >= 11 is 3.20. The van der Waals surface area contributed by atoms with Crippen molar-refractivity contribution in [2.45, 2.75) is 19.5 Å². The van der Waals surface area contributed by atoms with E-state index in [1.807, 2.05) is 6.07 Å². The SMILES string of the molecule is CC1C2CNCC2CN1Cc1ccc(Br)c(F)c1. The standard InChI is InChI=1S/C14H18BrFN2/c1-9-12-6-17-5-11(12)8-18(9)7-10-2-3-13(15)14(16)4-10/h2-4,9,11-12,17H,5-8H2,1H3. The van der Waals surface area contributed by atoms with Crippen LogP contribution >= 0.6 is 15.9 Å².